The van der Waals surface area contributed by atoms with Gasteiger partial charge in [-0.2, -0.15) is 0 Å². The van der Waals surface area contributed by atoms with Gasteiger partial charge in [-0.25, -0.2) is 0 Å². The molecule has 1 aliphatic rings. The van der Waals surface area contributed by atoms with Crippen molar-refractivity contribution in [2.45, 2.75) is 116 Å². The van der Waals surface area contributed by atoms with Crippen LogP contribution in [0.1, 0.15) is 86.0 Å². The van der Waals surface area contributed by atoms with Gasteiger partial charge >= 0.3 is 177 Å². The van der Waals surface area contributed by atoms with E-state index in [1.807, 2.05) is 0 Å². The normalized spacial score (nSPS) is 27.6. The quantitative estimate of drug-likeness (QED) is 0.130. The molecule has 0 amide bonds. The molecule has 25 heavy (non-hydrogen) atoms. The predicted molar refractivity (Wildman–Crippen MR) is 121 cm³/mol. The summed E-state index contributed by atoms with van der Waals surface area (Å²) < 4.78 is 19.3. The third kappa shape index (κ3) is 7.08. The minimum absolute atomic E-state index is 0.214. The number of alkyl halides is 1. The Labute approximate surface area is 175 Å². The maximum atomic E-state index is 6.80. The van der Waals surface area contributed by atoms with Crippen LogP contribution >= 0.6 is 22.6 Å². The number of unbranched alkanes of at least 4 members (excludes halogenated alkanes) is 3. The van der Waals surface area contributed by atoms with Crippen LogP contribution in [0.25, 0.3) is 0 Å². The van der Waals surface area contributed by atoms with Crippen LogP contribution in [-0.4, -0.2) is 39.3 Å². The average Bonchev–Trinajstić information content (AvgIpc) is 2.66. The van der Waals surface area contributed by atoms with E-state index in [1.165, 1.54) is 58.3 Å². The molecule has 1 fully saturated rings. The van der Waals surface area contributed by atoms with Crippen LogP contribution in [0.2, 0.25) is 13.3 Å². The van der Waals surface area contributed by atoms with Crippen molar-refractivity contribution in [3.05, 3.63) is 0 Å². The number of ether oxygens (including phenoxy) is 2. The maximum absolute atomic E-state index is 6.80. The molecule has 0 unspecified atom stereocenters. The first-order valence-corrected chi connectivity index (χ1v) is 20.2. The summed E-state index contributed by atoms with van der Waals surface area (Å²) in [7, 11) is 0. The summed E-state index contributed by atoms with van der Waals surface area (Å²) in [6.45, 7) is 11.6. The summed E-state index contributed by atoms with van der Waals surface area (Å²) in [5.41, 5.74) is 0. The second kappa shape index (κ2) is 13.6. The van der Waals surface area contributed by atoms with E-state index in [-0.39, 0.29) is 4.31 Å². The predicted octanol–water partition coefficient (Wildman–Crippen LogP) is 7.36. The molecule has 0 aromatic carbocycles. The summed E-state index contributed by atoms with van der Waals surface area (Å²) in [4.78, 5) is 0. The van der Waals surface area contributed by atoms with Crippen molar-refractivity contribution in [3.63, 3.8) is 0 Å². The van der Waals surface area contributed by atoms with Crippen molar-refractivity contribution >= 4 is 41.0 Å². The van der Waals surface area contributed by atoms with E-state index in [0.717, 1.165) is 10.8 Å². The Morgan fingerprint density at radius 3 is 1.56 bits per heavy atom. The van der Waals surface area contributed by atoms with E-state index >= 15 is 0 Å². The van der Waals surface area contributed by atoms with Crippen LogP contribution in [0, 0.1) is 5.92 Å². The van der Waals surface area contributed by atoms with Crippen LogP contribution in [-0.2, 0) is 9.47 Å². The monoisotopic (exact) mass is 574 g/mol. The van der Waals surface area contributed by atoms with Gasteiger partial charge in [-0.3, -0.25) is 0 Å². The van der Waals surface area contributed by atoms with Gasteiger partial charge in [-0.05, 0) is 0 Å². The summed E-state index contributed by atoms with van der Waals surface area (Å²) >= 11 is 0.0614. The zero-order chi connectivity index (χ0) is 18.7. The number of halogens is 1. The second-order valence-electron chi connectivity index (χ2n) is 7.99. The van der Waals surface area contributed by atoms with Gasteiger partial charge in [0, 0.05) is 0 Å². The van der Waals surface area contributed by atoms with Crippen LogP contribution in [0.15, 0.2) is 0 Å². The fourth-order valence-electron chi connectivity index (χ4n) is 4.47. The topological polar surface area (TPSA) is 18.5 Å². The Hall–Kier alpha value is 1.45. The second-order valence-corrected chi connectivity index (χ2v) is 22.3. The van der Waals surface area contributed by atoms with Gasteiger partial charge < -0.3 is 0 Å². The number of hydrogen-bond acceptors (Lipinski definition) is 2. The molecule has 1 heterocycles. The molecule has 1 aliphatic heterocycles. The van der Waals surface area contributed by atoms with Gasteiger partial charge in [0.1, 0.15) is 0 Å². The van der Waals surface area contributed by atoms with Crippen molar-refractivity contribution in [3.8, 4) is 0 Å². The van der Waals surface area contributed by atoms with Gasteiger partial charge in [-0.1, -0.05) is 0 Å². The molecule has 4 atom stereocenters. The van der Waals surface area contributed by atoms with Crippen molar-refractivity contribution < 1.29 is 9.47 Å². The third-order valence-electron chi connectivity index (χ3n) is 6.16. The molecule has 0 N–H and O–H groups in total. The Morgan fingerprint density at radius 1 is 0.720 bits per heavy atom. The molecule has 1 saturated heterocycles. The fourth-order valence-corrected chi connectivity index (χ4v) is 21.2. The van der Waals surface area contributed by atoms with E-state index < -0.39 is 18.4 Å². The molecular formula is C21H43IO2Sn. The molecule has 4 heteroatoms. The molecule has 150 valence electrons. The Bertz CT molecular complexity index is 304. The summed E-state index contributed by atoms with van der Waals surface area (Å²) in [6.07, 6.45) is 11.3. The molecule has 0 aliphatic carbocycles. The van der Waals surface area contributed by atoms with E-state index in [0.29, 0.717) is 18.1 Å². The van der Waals surface area contributed by atoms with Crippen LogP contribution in [0.4, 0.5) is 0 Å². The first-order valence-electron chi connectivity index (χ1n) is 11.0. The Morgan fingerprint density at radius 2 is 1.20 bits per heavy atom. The Kier molecular flexibility index (Phi) is 13.3. The number of hydrogen-bond donors (Lipinski definition) is 0. The SMILES string of the molecule is CCC[CH2][Sn]([CH2]CCC)([CH2]CCC)[C@H]1O[C@@H](CI)[C@H](CC)[C@@H](CC)O1. The van der Waals surface area contributed by atoms with E-state index in [2.05, 4.69) is 57.2 Å². The van der Waals surface area contributed by atoms with Crippen LogP contribution in [0.3, 0.4) is 0 Å². The summed E-state index contributed by atoms with van der Waals surface area (Å²) in [5, 5.41) is 0. The van der Waals surface area contributed by atoms with Gasteiger partial charge in [0.15, 0.2) is 0 Å². The average molecular weight is 573 g/mol. The molecule has 0 aromatic rings. The molecule has 0 spiro atoms. The third-order valence-corrected chi connectivity index (χ3v) is 22.2. The Balaban J connectivity index is 3.07. The molecule has 2 nitrogen and oxygen atoms in total. The minimum atomic E-state index is -2.48. The first kappa shape index (κ1) is 24.5. The van der Waals surface area contributed by atoms with Crippen molar-refractivity contribution in [2.24, 2.45) is 5.92 Å². The first-order chi connectivity index (χ1) is 12.1. The molecule has 0 saturated carbocycles. The van der Waals surface area contributed by atoms with Crippen molar-refractivity contribution in [1.29, 1.82) is 0 Å². The summed E-state index contributed by atoms with van der Waals surface area (Å²) in [5.74, 6) is 0.589. The van der Waals surface area contributed by atoms with Gasteiger partial charge in [0.25, 0.3) is 0 Å². The van der Waals surface area contributed by atoms with Crippen LogP contribution < -0.4 is 0 Å². The molecule has 0 radical (unpaired) electrons. The summed E-state index contributed by atoms with van der Waals surface area (Å²) in [6, 6.07) is 0. The zero-order valence-corrected chi connectivity index (χ0v) is 22.5. The molecule has 0 bridgehead atoms. The van der Waals surface area contributed by atoms with E-state index in [9.17, 15) is 0 Å². The zero-order valence-electron chi connectivity index (χ0n) is 17.5. The molecule has 1 rings (SSSR count). The standard InChI is InChI=1S/C9H16IO2.3C4H9.Sn/c1-3-7-8(4-2)11-6-12-9(7)5-10;3*1-3-4-2;/h6-9H,3-5H2,1-2H3;3*1,3-4H2,2H3;/t7-,8-,9+;;;;/m1..../s1. The van der Waals surface area contributed by atoms with Crippen molar-refractivity contribution in [1.82, 2.24) is 0 Å². The fraction of sp³-hybridized carbons (Fsp3) is 1.00. The van der Waals surface area contributed by atoms with Crippen molar-refractivity contribution in [2.75, 3.05) is 4.43 Å². The van der Waals surface area contributed by atoms with Gasteiger partial charge in [0.05, 0.1) is 0 Å². The number of rotatable bonds is 13. The van der Waals surface area contributed by atoms with Gasteiger partial charge in [0.2, 0.25) is 0 Å². The van der Waals surface area contributed by atoms with Gasteiger partial charge in [-0.15, -0.1) is 0 Å². The van der Waals surface area contributed by atoms with E-state index in [4.69, 9.17) is 9.47 Å². The molecular weight excluding hydrogens is 530 g/mol. The van der Waals surface area contributed by atoms with Crippen LogP contribution in [0.5, 0.6) is 0 Å². The van der Waals surface area contributed by atoms with E-state index in [1.54, 1.807) is 0 Å². The molecule has 0 aromatic heterocycles.